The largest absolute Gasteiger partial charge is 0.117 e. The first-order valence-corrected chi connectivity index (χ1v) is 7.73. The fourth-order valence-corrected chi connectivity index (χ4v) is 3.20. The molecule has 2 aromatic rings. The number of hydrogen-bond donors (Lipinski definition) is 0. The van der Waals surface area contributed by atoms with Crippen molar-refractivity contribution in [3.05, 3.63) is 68.1 Å². The molecule has 3 heteroatoms. The molecule has 100 valence electrons. The molecule has 0 radical (unpaired) electrons. The molecule has 0 saturated carbocycles. The number of alkyl halides is 1. The second kappa shape index (κ2) is 6.30. The van der Waals surface area contributed by atoms with Crippen molar-refractivity contribution in [3.8, 4) is 0 Å². The first-order valence-electron chi connectivity index (χ1n) is 6.12. The third-order valence-electron chi connectivity index (χ3n) is 3.28. The number of rotatable bonds is 3. The Bertz CT molecular complexity index is 593. The minimum absolute atomic E-state index is 0.0878. The van der Waals surface area contributed by atoms with E-state index < -0.39 is 0 Å². The summed E-state index contributed by atoms with van der Waals surface area (Å²) in [4.78, 5) is 0. The van der Waals surface area contributed by atoms with Crippen molar-refractivity contribution in [1.29, 1.82) is 0 Å². The zero-order chi connectivity index (χ0) is 14.0. The van der Waals surface area contributed by atoms with Crippen LogP contribution >= 0.6 is 39.1 Å². The van der Waals surface area contributed by atoms with Gasteiger partial charge in [0, 0.05) is 9.50 Å². The monoisotopic (exact) mass is 356 g/mol. The predicted octanol–water partition coefficient (Wildman–Crippen LogP) is 6.24. The van der Waals surface area contributed by atoms with Crippen LogP contribution in [0.25, 0.3) is 0 Å². The zero-order valence-corrected chi connectivity index (χ0v) is 14.0. The maximum Gasteiger partial charge on any atom is 0.0637 e. The van der Waals surface area contributed by atoms with Gasteiger partial charge in [0.05, 0.1) is 5.38 Å². The molecule has 0 nitrogen and oxygen atoms in total. The molecule has 0 heterocycles. The van der Waals surface area contributed by atoms with E-state index in [1.807, 2.05) is 18.2 Å². The molecule has 1 atom stereocenters. The Labute approximate surface area is 132 Å². The van der Waals surface area contributed by atoms with Gasteiger partial charge in [-0.15, -0.1) is 11.6 Å². The van der Waals surface area contributed by atoms with E-state index in [4.69, 9.17) is 23.2 Å². The quantitative estimate of drug-likeness (QED) is 0.570. The van der Waals surface area contributed by atoms with Gasteiger partial charge in [0.25, 0.3) is 0 Å². The Morgan fingerprint density at radius 1 is 1.05 bits per heavy atom. The van der Waals surface area contributed by atoms with Crippen LogP contribution < -0.4 is 0 Å². The first-order chi connectivity index (χ1) is 8.97. The maximum absolute atomic E-state index is 6.52. The fraction of sp³-hybridized carbons (Fsp3) is 0.250. The normalized spacial score (nSPS) is 12.5. The Hall–Kier alpha value is -0.500. The minimum Gasteiger partial charge on any atom is -0.117 e. The van der Waals surface area contributed by atoms with E-state index in [9.17, 15) is 0 Å². The maximum atomic E-state index is 6.52. The molecule has 2 rings (SSSR count). The van der Waals surface area contributed by atoms with Gasteiger partial charge in [0.15, 0.2) is 0 Å². The van der Waals surface area contributed by atoms with Crippen LogP contribution in [0.4, 0.5) is 0 Å². The van der Waals surface area contributed by atoms with Gasteiger partial charge in [-0.1, -0.05) is 45.7 Å². The average molecular weight is 358 g/mol. The smallest absolute Gasteiger partial charge is 0.0637 e. The van der Waals surface area contributed by atoms with E-state index in [1.54, 1.807) is 0 Å². The van der Waals surface area contributed by atoms with Gasteiger partial charge in [-0.25, -0.2) is 0 Å². The van der Waals surface area contributed by atoms with Gasteiger partial charge in [-0.2, -0.15) is 0 Å². The van der Waals surface area contributed by atoms with Crippen LogP contribution in [-0.4, -0.2) is 0 Å². The Morgan fingerprint density at radius 3 is 2.47 bits per heavy atom. The molecule has 2 aromatic carbocycles. The molecule has 19 heavy (non-hydrogen) atoms. The predicted molar refractivity (Wildman–Crippen MR) is 87.4 cm³/mol. The lowest BCUT2D eigenvalue weighted by Crippen LogP contribution is -1.98. The summed E-state index contributed by atoms with van der Waals surface area (Å²) in [7, 11) is 0. The van der Waals surface area contributed by atoms with Crippen molar-refractivity contribution in [3.63, 3.8) is 0 Å². The number of aryl methyl sites for hydroxylation is 2. The van der Waals surface area contributed by atoms with Crippen molar-refractivity contribution in [1.82, 2.24) is 0 Å². The van der Waals surface area contributed by atoms with E-state index in [0.717, 1.165) is 16.5 Å². The molecule has 0 aromatic heterocycles. The van der Waals surface area contributed by atoms with Crippen LogP contribution in [0, 0.1) is 13.8 Å². The molecule has 0 saturated heterocycles. The number of halogens is 3. The number of benzene rings is 2. The highest BCUT2D eigenvalue weighted by Crippen LogP contribution is 2.33. The molecule has 0 spiro atoms. The van der Waals surface area contributed by atoms with Crippen LogP contribution in [0.3, 0.4) is 0 Å². The second-order valence-corrected chi connectivity index (χ2v) is 6.57. The summed E-state index contributed by atoms with van der Waals surface area (Å²) < 4.78 is 1.00. The lowest BCUT2D eigenvalue weighted by atomic mass is 10.0. The molecule has 0 aliphatic carbocycles. The minimum atomic E-state index is -0.0878. The highest BCUT2D eigenvalue weighted by atomic mass is 79.9. The van der Waals surface area contributed by atoms with Crippen LogP contribution in [0.15, 0.2) is 40.9 Å². The molecule has 0 fully saturated rings. The lowest BCUT2D eigenvalue weighted by molar-refractivity contribution is 0.912. The van der Waals surface area contributed by atoms with Crippen LogP contribution in [0.5, 0.6) is 0 Å². The number of hydrogen-bond acceptors (Lipinski definition) is 0. The summed E-state index contributed by atoms with van der Waals surface area (Å²) in [6.07, 6.45) is 0.793. The van der Waals surface area contributed by atoms with E-state index in [0.29, 0.717) is 5.02 Å². The van der Waals surface area contributed by atoms with E-state index >= 15 is 0 Å². The second-order valence-electron chi connectivity index (χ2n) is 4.76. The molecular formula is C16H15BrCl2. The molecule has 0 N–H and O–H groups in total. The standard InChI is InChI=1S/C16H15BrCl2/c1-10-3-4-12(7-11(10)2)8-16(19)14-9-13(18)5-6-15(14)17/h3-7,9,16H,8H2,1-2H3. The van der Waals surface area contributed by atoms with Gasteiger partial charge in [0.1, 0.15) is 0 Å². The fourth-order valence-electron chi connectivity index (χ4n) is 2.00. The summed E-state index contributed by atoms with van der Waals surface area (Å²) in [5, 5.41) is 0.624. The topological polar surface area (TPSA) is 0 Å². The van der Waals surface area contributed by atoms with E-state index in [2.05, 4.69) is 48.0 Å². The Kier molecular flexibility index (Phi) is 4.94. The highest BCUT2D eigenvalue weighted by Gasteiger charge is 2.13. The van der Waals surface area contributed by atoms with Gasteiger partial charge in [-0.3, -0.25) is 0 Å². The van der Waals surface area contributed by atoms with Crippen LogP contribution in [-0.2, 0) is 6.42 Å². The molecule has 0 bridgehead atoms. The van der Waals surface area contributed by atoms with Crippen LogP contribution in [0.2, 0.25) is 5.02 Å². The Balaban J connectivity index is 2.22. The van der Waals surface area contributed by atoms with Crippen molar-refractivity contribution in [2.75, 3.05) is 0 Å². The first kappa shape index (κ1) is 14.9. The van der Waals surface area contributed by atoms with Gasteiger partial charge in [0.2, 0.25) is 0 Å². The third-order valence-corrected chi connectivity index (χ3v) is 4.63. The molecule has 0 aliphatic rings. The van der Waals surface area contributed by atoms with Crippen molar-refractivity contribution in [2.45, 2.75) is 25.6 Å². The van der Waals surface area contributed by atoms with Gasteiger partial charge < -0.3 is 0 Å². The molecular weight excluding hydrogens is 343 g/mol. The third kappa shape index (κ3) is 3.75. The summed E-state index contributed by atoms with van der Waals surface area (Å²) >= 11 is 16.1. The van der Waals surface area contributed by atoms with Crippen molar-refractivity contribution >= 4 is 39.1 Å². The van der Waals surface area contributed by atoms with Gasteiger partial charge >= 0.3 is 0 Å². The zero-order valence-electron chi connectivity index (χ0n) is 10.9. The summed E-state index contributed by atoms with van der Waals surface area (Å²) in [6, 6.07) is 12.2. The van der Waals surface area contributed by atoms with E-state index in [1.165, 1.54) is 16.7 Å². The highest BCUT2D eigenvalue weighted by molar-refractivity contribution is 9.10. The summed E-state index contributed by atoms with van der Waals surface area (Å²) in [5.41, 5.74) is 4.88. The van der Waals surface area contributed by atoms with E-state index in [-0.39, 0.29) is 5.38 Å². The molecule has 0 aliphatic heterocycles. The summed E-state index contributed by atoms with van der Waals surface area (Å²) in [6.45, 7) is 4.24. The SMILES string of the molecule is Cc1ccc(CC(Cl)c2cc(Cl)ccc2Br)cc1C. The average Bonchev–Trinajstić information content (AvgIpc) is 2.36. The summed E-state index contributed by atoms with van der Waals surface area (Å²) in [5.74, 6) is 0. The molecule has 0 amide bonds. The van der Waals surface area contributed by atoms with Crippen molar-refractivity contribution < 1.29 is 0 Å². The van der Waals surface area contributed by atoms with Crippen LogP contribution in [0.1, 0.15) is 27.6 Å². The van der Waals surface area contributed by atoms with Crippen molar-refractivity contribution in [2.24, 2.45) is 0 Å². The molecule has 1 unspecified atom stereocenters. The van der Waals surface area contributed by atoms with Gasteiger partial charge in [-0.05, 0) is 60.7 Å². The Morgan fingerprint density at radius 2 is 1.79 bits per heavy atom. The lowest BCUT2D eigenvalue weighted by Gasteiger charge is -2.13.